The molecule has 1 aromatic carbocycles. The van der Waals surface area contributed by atoms with Gasteiger partial charge < -0.3 is 5.32 Å². The number of nitrogens with one attached hydrogen (secondary N) is 1. The molecular formula is C18H20ClN5O2S. The standard InChI is InChI=1S/C18H20ClN5O2S/c1-4-23-9-14-16(22-23)17(26)24(5-2)18(21-14)27-10-15(25)20-13-8-12(19)7-6-11(13)3/h6-9H,4-5,10H2,1-3H3,(H,20,25). The lowest BCUT2D eigenvalue weighted by molar-refractivity contribution is -0.113. The molecule has 3 aromatic rings. The number of hydrogen-bond donors (Lipinski definition) is 1. The minimum atomic E-state index is -0.191. The van der Waals surface area contributed by atoms with E-state index in [0.717, 1.165) is 5.56 Å². The van der Waals surface area contributed by atoms with Crippen molar-refractivity contribution in [1.82, 2.24) is 19.3 Å². The summed E-state index contributed by atoms with van der Waals surface area (Å²) in [6.45, 7) is 6.83. The summed E-state index contributed by atoms with van der Waals surface area (Å²) in [5.74, 6) is -0.0575. The van der Waals surface area contributed by atoms with Gasteiger partial charge in [0.25, 0.3) is 5.56 Å². The first kappa shape index (κ1) is 19.4. The monoisotopic (exact) mass is 405 g/mol. The smallest absolute Gasteiger partial charge is 0.282 e. The number of carbonyl (C=O) groups is 1. The Labute approximate surface area is 165 Å². The third-order valence-electron chi connectivity index (χ3n) is 4.08. The van der Waals surface area contributed by atoms with Gasteiger partial charge in [-0.1, -0.05) is 29.4 Å². The molecule has 0 spiro atoms. The summed E-state index contributed by atoms with van der Waals surface area (Å²) in [6.07, 6.45) is 1.75. The van der Waals surface area contributed by atoms with E-state index >= 15 is 0 Å². The third kappa shape index (κ3) is 4.17. The van der Waals surface area contributed by atoms with Crippen LogP contribution in [0.2, 0.25) is 5.02 Å². The fourth-order valence-corrected chi connectivity index (χ4v) is 3.65. The van der Waals surface area contributed by atoms with Crippen LogP contribution in [0.15, 0.2) is 34.3 Å². The lowest BCUT2D eigenvalue weighted by Gasteiger charge is -2.11. The molecule has 7 nitrogen and oxygen atoms in total. The lowest BCUT2D eigenvalue weighted by atomic mass is 10.2. The van der Waals surface area contributed by atoms with Gasteiger partial charge in [0.15, 0.2) is 10.7 Å². The highest BCUT2D eigenvalue weighted by molar-refractivity contribution is 7.99. The number of benzene rings is 1. The van der Waals surface area contributed by atoms with E-state index in [1.54, 1.807) is 23.0 Å². The first-order valence-electron chi connectivity index (χ1n) is 8.59. The topological polar surface area (TPSA) is 81.8 Å². The van der Waals surface area contributed by atoms with Crippen molar-refractivity contribution in [3.63, 3.8) is 0 Å². The van der Waals surface area contributed by atoms with Crippen molar-refractivity contribution in [2.45, 2.75) is 39.0 Å². The van der Waals surface area contributed by atoms with Crippen LogP contribution in [-0.4, -0.2) is 31.0 Å². The minimum absolute atomic E-state index is 0.131. The number of amides is 1. The summed E-state index contributed by atoms with van der Waals surface area (Å²) in [5.41, 5.74) is 2.30. The van der Waals surface area contributed by atoms with E-state index in [9.17, 15) is 9.59 Å². The first-order valence-corrected chi connectivity index (χ1v) is 9.96. The number of fused-ring (bicyclic) bond motifs is 1. The summed E-state index contributed by atoms with van der Waals surface area (Å²) in [6, 6.07) is 5.34. The van der Waals surface area contributed by atoms with Crippen LogP contribution < -0.4 is 10.9 Å². The highest BCUT2D eigenvalue weighted by Crippen LogP contribution is 2.22. The molecule has 0 aliphatic carbocycles. The molecule has 2 aromatic heterocycles. The summed E-state index contributed by atoms with van der Waals surface area (Å²) < 4.78 is 3.22. The zero-order valence-corrected chi connectivity index (χ0v) is 16.9. The van der Waals surface area contributed by atoms with E-state index in [1.165, 1.54) is 16.3 Å². The molecule has 0 radical (unpaired) electrons. The van der Waals surface area contributed by atoms with Crippen LogP contribution in [0.4, 0.5) is 5.69 Å². The molecule has 0 bridgehead atoms. The van der Waals surface area contributed by atoms with Crippen molar-refractivity contribution in [3.05, 3.63) is 45.3 Å². The van der Waals surface area contributed by atoms with Crippen molar-refractivity contribution in [1.29, 1.82) is 0 Å². The Kier molecular flexibility index (Phi) is 5.86. The Morgan fingerprint density at radius 1 is 1.30 bits per heavy atom. The van der Waals surface area contributed by atoms with Gasteiger partial charge in [0.1, 0.15) is 5.52 Å². The van der Waals surface area contributed by atoms with Crippen molar-refractivity contribution in [2.24, 2.45) is 0 Å². The largest absolute Gasteiger partial charge is 0.325 e. The van der Waals surface area contributed by atoms with E-state index in [-0.39, 0.29) is 17.2 Å². The molecule has 27 heavy (non-hydrogen) atoms. The van der Waals surface area contributed by atoms with Crippen LogP contribution in [0.1, 0.15) is 19.4 Å². The van der Waals surface area contributed by atoms with Gasteiger partial charge in [-0.2, -0.15) is 5.10 Å². The lowest BCUT2D eigenvalue weighted by Crippen LogP contribution is -2.23. The zero-order chi connectivity index (χ0) is 19.6. The molecule has 142 valence electrons. The summed E-state index contributed by atoms with van der Waals surface area (Å²) in [5, 5.41) is 8.18. The second-order valence-corrected chi connectivity index (χ2v) is 7.34. The second-order valence-electron chi connectivity index (χ2n) is 5.96. The van der Waals surface area contributed by atoms with Crippen LogP contribution in [0.5, 0.6) is 0 Å². The number of carbonyl (C=O) groups excluding carboxylic acids is 1. The van der Waals surface area contributed by atoms with E-state index in [4.69, 9.17) is 11.6 Å². The fraction of sp³-hybridized carbons (Fsp3) is 0.333. The van der Waals surface area contributed by atoms with Gasteiger partial charge in [0.05, 0.1) is 11.9 Å². The Bertz CT molecular complexity index is 1060. The number of halogens is 1. The average Bonchev–Trinajstić information content (AvgIpc) is 3.07. The Balaban J connectivity index is 1.80. The number of rotatable bonds is 6. The summed E-state index contributed by atoms with van der Waals surface area (Å²) >= 11 is 7.21. The number of nitrogens with zero attached hydrogens (tertiary/aromatic N) is 4. The normalized spacial score (nSPS) is 11.1. The molecule has 0 aliphatic rings. The van der Waals surface area contributed by atoms with Crippen LogP contribution in [-0.2, 0) is 17.9 Å². The van der Waals surface area contributed by atoms with Gasteiger partial charge in [-0.3, -0.25) is 18.8 Å². The van der Waals surface area contributed by atoms with Gasteiger partial charge in [0.2, 0.25) is 5.91 Å². The number of aromatic nitrogens is 4. The molecule has 0 aliphatic heterocycles. The molecule has 0 saturated carbocycles. The number of aryl methyl sites for hydroxylation is 2. The average molecular weight is 406 g/mol. The zero-order valence-electron chi connectivity index (χ0n) is 15.3. The fourth-order valence-electron chi connectivity index (χ4n) is 2.62. The number of hydrogen-bond acceptors (Lipinski definition) is 5. The van der Waals surface area contributed by atoms with Crippen molar-refractivity contribution < 1.29 is 4.79 Å². The molecule has 1 N–H and O–H groups in total. The first-order chi connectivity index (χ1) is 12.9. The Hall–Kier alpha value is -2.32. The highest BCUT2D eigenvalue weighted by atomic mass is 35.5. The SMILES string of the molecule is CCn1cc2nc(SCC(=O)Nc3cc(Cl)ccc3C)n(CC)c(=O)c2n1. The maximum absolute atomic E-state index is 12.6. The van der Waals surface area contributed by atoms with Gasteiger partial charge in [-0.15, -0.1) is 0 Å². The predicted molar refractivity (Wildman–Crippen MR) is 109 cm³/mol. The highest BCUT2D eigenvalue weighted by Gasteiger charge is 2.15. The van der Waals surface area contributed by atoms with Crippen LogP contribution >= 0.6 is 23.4 Å². The molecule has 3 rings (SSSR count). The van der Waals surface area contributed by atoms with Crippen molar-refractivity contribution in [2.75, 3.05) is 11.1 Å². The van der Waals surface area contributed by atoms with Gasteiger partial charge >= 0.3 is 0 Å². The molecule has 0 atom stereocenters. The van der Waals surface area contributed by atoms with Crippen molar-refractivity contribution >= 4 is 46.0 Å². The molecule has 1 amide bonds. The minimum Gasteiger partial charge on any atom is -0.325 e. The third-order valence-corrected chi connectivity index (χ3v) is 5.29. The summed E-state index contributed by atoms with van der Waals surface area (Å²) in [7, 11) is 0. The number of anilines is 1. The van der Waals surface area contributed by atoms with Crippen LogP contribution in [0.3, 0.4) is 0 Å². The molecule has 0 saturated heterocycles. The van der Waals surface area contributed by atoms with E-state index in [2.05, 4.69) is 15.4 Å². The second kappa shape index (κ2) is 8.14. The molecule has 0 unspecified atom stereocenters. The molecule has 0 fully saturated rings. The summed E-state index contributed by atoms with van der Waals surface area (Å²) in [4.78, 5) is 29.5. The molecular weight excluding hydrogens is 386 g/mol. The van der Waals surface area contributed by atoms with Crippen LogP contribution in [0.25, 0.3) is 11.0 Å². The molecule has 2 heterocycles. The van der Waals surface area contributed by atoms with E-state index in [0.29, 0.717) is 40.0 Å². The Morgan fingerprint density at radius 2 is 2.07 bits per heavy atom. The van der Waals surface area contributed by atoms with Gasteiger partial charge in [-0.25, -0.2) is 4.98 Å². The maximum Gasteiger partial charge on any atom is 0.282 e. The van der Waals surface area contributed by atoms with E-state index in [1.807, 2.05) is 26.8 Å². The van der Waals surface area contributed by atoms with Gasteiger partial charge in [-0.05, 0) is 38.5 Å². The quantitative estimate of drug-likeness (QED) is 0.502. The van der Waals surface area contributed by atoms with Crippen molar-refractivity contribution in [3.8, 4) is 0 Å². The molecule has 9 heteroatoms. The maximum atomic E-state index is 12.6. The number of thioether (sulfide) groups is 1. The predicted octanol–water partition coefficient (Wildman–Crippen LogP) is 3.33. The Morgan fingerprint density at radius 3 is 2.78 bits per heavy atom. The van der Waals surface area contributed by atoms with Crippen LogP contribution in [0, 0.1) is 6.92 Å². The van der Waals surface area contributed by atoms with E-state index < -0.39 is 0 Å². The van der Waals surface area contributed by atoms with Gasteiger partial charge in [0, 0.05) is 23.8 Å².